The predicted molar refractivity (Wildman–Crippen MR) is 79.8 cm³/mol. The van der Waals surface area contributed by atoms with Crippen LogP contribution in [0.3, 0.4) is 0 Å². The topological polar surface area (TPSA) is 92.9 Å². The van der Waals surface area contributed by atoms with E-state index in [1.54, 1.807) is 6.07 Å². The van der Waals surface area contributed by atoms with Crippen LogP contribution in [0, 0.1) is 0 Å². The molecule has 1 N–H and O–H groups in total. The number of carbonyl (C=O) groups is 2. The number of nitrogens with zero attached hydrogens (tertiary/aromatic N) is 2. The third kappa shape index (κ3) is 3.40. The number of morpholine rings is 1. The van der Waals surface area contributed by atoms with Gasteiger partial charge in [0.15, 0.2) is 0 Å². The van der Waals surface area contributed by atoms with Crippen LogP contribution in [0.4, 0.5) is 0 Å². The molecule has 1 aromatic heterocycles. The number of aromatic nitrogens is 1. The standard InChI is InChI=1S/C16H16N2O5/c19-15(20)8-12-10-22-7-6-18(12)16(21)14-9-13(17-23-14)11-4-2-1-3-5-11/h1-5,9,12H,6-8,10H2,(H,19,20). The number of rotatable bonds is 4. The van der Waals surface area contributed by atoms with Crippen molar-refractivity contribution < 1.29 is 24.0 Å². The van der Waals surface area contributed by atoms with Gasteiger partial charge in [-0.25, -0.2) is 0 Å². The fraction of sp³-hybridized carbons (Fsp3) is 0.312. The predicted octanol–water partition coefficient (Wildman–Crippen LogP) is 1.66. The summed E-state index contributed by atoms with van der Waals surface area (Å²) in [4.78, 5) is 25.0. The molecule has 7 heteroatoms. The van der Waals surface area contributed by atoms with E-state index in [0.717, 1.165) is 5.56 Å². The van der Waals surface area contributed by atoms with Gasteiger partial charge in [0.05, 0.1) is 25.7 Å². The van der Waals surface area contributed by atoms with Crippen molar-refractivity contribution in [2.75, 3.05) is 19.8 Å². The Morgan fingerprint density at radius 1 is 1.30 bits per heavy atom. The second-order valence-electron chi connectivity index (χ2n) is 5.27. The van der Waals surface area contributed by atoms with Crippen molar-refractivity contribution in [2.45, 2.75) is 12.5 Å². The Balaban J connectivity index is 1.79. The molecule has 1 atom stereocenters. The molecule has 0 saturated carbocycles. The zero-order valence-electron chi connectivity index (χ0n) is 12.3. The third-order valence-corrected chi connectivity index (χ3v) is 3.69. The lowest BCUT2D eigenvalue weighted by molar-refractivity contribution is -0.139. The first-order valence-corrected chi connectivity index (χ1v) is 7.28. The zero-order valence-corrected chi connectivity index (χ0v) is 12.3. The second kappa shape index (κ2) is 6.62. The molecule has 1 amide bonds. The van der Waals surface area contributed by atoms with E-state index in [1.165, 1.54) is 4.90 Å². The average molecular weight is 316 g/mol. The minimum Gasteiger partial charge on any atom is -0.481 e. The van der Waals surface area contributed by atoms with E-state index in [9.17, 15) is 9.59 Å². The number of hydrogen-bond acceptors (Lipinski definition) is 5. The Morgan fingerprint density at radius 3 is 2.83 bits per heavy atom. The van der Waals surface area contributed by atoms with E-state index in [0.29, 0.717) is 18.8 Å². The van der Waals surface area contributed by atoms with Crippen molar-refractivity contribution in [2.24, 2.45) is 0 Å². The number of carbonyl (C=O) groups excluding carboxylic acids is 1. The van der Waals surface area contributed by atoms with Crippen LogP contribution < -0.4 is 0 Å². The maximum absolute atomic E-state index is 12.6. The lowest BCUT2D eigenvalue weighted by Gasteiger charge is -2.34. The molecule has 23 heavy (non-hydrogen) atoms. The minimum atomic E-state index is -0.971. The molecule has 2 aromatic rings. The SMILES string of the molecule is O=C(O)CC1COCCN1C(=O)c1cc(-c2ccccc2)no1. The summed E-state index contributed by atoms with van der Waals surface area (Å²) in [5.74, 6) is -1.24. The molecule has 1 aliphatic rings. The monoisotopic (exact) mass is 316 g/mol. The Kier molecular flexibility index (Phi) is 4.38. The van der Waals surface area contributed by atoms with Gasteiger partial charge in [0.2, 0.25) is 5.76 Å². The smallest absolute Gasteiger partial charge is 0.305 e. The van der Waals surface area contributed by atoms with Gasteiger partial charge in [-0.2, -0.15) is 0 Å². The van der Waals surface area contributed by atoms with Gasteiger partial charge in [-0.05, 0) is 0 Å². The third-order valence-electron chi connectivity index (χ3n) is 3.69. The number of ether oxygens (including phenoxy) is 1. The molecule has 0 aliphatic carbocycles. The number of carboxylic acids is 1. The van der Waals surface area contributed by atoms with Gasteiger partial charge in [-0.15, -0.1) is 0 Å². The molecule has 120 valence electrons. The lowest BCUT2D eigenvalue weighted by Crippen LogP contribution is -2.49. The number of benzene rings is 1. The van der Waals surface area contributed by atoms with Crippen LogP contribution >= 0.6 is 0 Å². The van der Waals surface area contributed by atoms with Gasteiger partial charge in [0.1, 0.15) is 5.69 Å². The molecule has 1 saturated heterocycles. The first kappa shape index (κ1) is 15.2. The molecule has 1 fully saturated rings. The molecule has 1 aliphatic heterocycles. The highest BCUT2D eigenvalue weighted by Gasteiger charge is 2.31. The molecule has 0 radical (unpaired) electrons. The minimum absolute atomic E-state index is 0.0983. The first-order valence-electron chi connectivity index (χ1n) is 7.28. The Bertz CT molecular complexity index is 698. The average Bonchev–Trinajstić information content (AvgIpc) is 3.05. The first-order chi connectivity index (χ1) is 11.1. The quantitative estimate of drug-likeness (QED) is 0.922. The lowest BCUT2D eigenvalue weighted by atomic mass is 10.1. The van der Waals surface area contributed by atoms with Crippen molar-refractivity contribution in [1.29, 1.82) is 0 Å². The van der Waals surface area contributed by atoms with Crippen LogP contribution in [0.1, 0.15) is 17.0 Å². The van der Waals surface area contributed by atoms with Crippen LogP contribution in [0.5, 0.6) is 0 Å². The summed E-state index contributed by atoms with van der Waals surface area (Å²) < 4.78 is 10.4. The van der Waals surface area contributed by atoms with Crippen LogP contribution in [0.2, 0.25) is 0 Å². The van der Waals surface area contributed by atoms with Crippen molar-refractivity contribution >= 4 is 11.9 Å². The van der Waals surface area contributed by atoms with Crippen molar-refractivity contribution in [3.8, 4) is 11.3 Å². The summed E-state index contributed by atoms with van der Waals surface area (Å²) in [7, 11) is 0. The summed E-state index contributed by atoms with van der Waals surface area (Å²) in [5, 5.41) is 12.9. The highest BCUT2D eigenvalue weighted by molar-refractivity contribution is 5.93. The van der Waals surface area contributed by atoms with Crippen LogP contribution in [0.25, 0.3) is 11.3 Å². The molecular weight excluding hydrogens is 300 g/mol. The fourth-order valence-electron chi connectivity index (χ4n) is 2.56. The summed E-state index contributed by atoms with van der Waals surface area (Å²) in [5.41, 5.74) is 1.41. The summed E-state index contributed by atoms with van der Waals surface area (Å²) in [6.07, 6.45) is -0.161. The molecule has 3 rings (SSSR count). The number of aliphatic carboxylic acids is 1. The largest absolute Gasteiger partial charge is 0.481 e. The van der Waals surface area contributed by atoms with Crippen molar-refractivity contribution in [3.63, 3.8) is 0 Å². The van der Waals surface area contributed by atoms with E-state index >= 15 is 0 Å². The van der Waals surface area contributed by atoms with E-state index in [2.05, 4.69) is 5.16 Å². The van der Waals surface area contributed by atoms with Crippen molar-refractivity contribution in [3.05, 3.63) is 42.2 Å². The summed E-state index contributed by atoms with van der Waals surface area (Å²) in [6.45, 7) is 0.914. The molecule has 7 nitrogen and oxygen atoms in total. The Hall–Kier alpha value is -2.67. The van der Waals surface area contributed by atoms with Gasteiger partial charge in [-0.1, -0.05) is 35.5 Å². The van der Waals surface area contributed by atoms with Gasteiger partial charge in [0, 0.05) is 18.2 Å². The molecule has 2 heterocycles. The number of hydrogen-bond donors (Lipinski definition) is 1. The van der Waals surface area contributed by atoms with Crippen LogP contribution in [-0.2, 0) is 9.53 Å². The normalized spacial score (nSPS) is 17.9. The molecule has 0 spiro atoms. The van der Waals surface area contributed by atoms with Gasteiger partial charge in [-0.3, -0.25) is 9.59 Å². The summed E-state index contributed by atoms with van der Waals surface area (Å²) >= 11 is 0. The molecule has 1 aromatic carbocycles. The van der Waals surface area contributed by atoms with Crippen LogP contribution in [0.15, 0.2) is 40.9 Å². The number of carboxylic acid groups (broad SMARTS) is 1. The Labute approximate surface area is 132 Å². The highest BCUT2D eigenvalue weighted by Crippen LogP contribution is 2.21. The van der Waals surface area contributed by atoms with Gasteiger partial charge < -0.3 is 19.3 Å². The molecule has 0 bridgehead atoms. The van der Waals surface area contributed by atoms with Crippen molar-refractivity contribution in [1.82, 2.24) is 10.1 Å². The molecule has 1 unspecified atom stereocenters. The fourth-order valence-corrected chi connectivity index (χ4v) is 2.56. The van der Waals surface area contributed by atoms with Crippen LogP contribution in [-0.4, -0.2) is 52.8 Å². The summed E-state index contributed by atoms with van der Waals surface area (Å²) in [6, 6.07) is 10.4. The maximum Gasteiger partial charge on any atom is 0.305 e. The van der Waals surface area contributed by atoms with E-state index in [1.807, 2.05) is 30.3 Å². The molecular formula is C16H16N2O5. The highest BCUT2D eigenvalue weighted by atomic mass is 16.5. The van der Waals surface area contributed by atoms with E-state index in [-0.39, 0.29) is 24.7 Å². The zero-order chi connectivity index (χ0) is 16.2. The van der Waals surface area contributed by atoms with E-state index in [4.69, 9.17) is 14.4 Å². The second-order valence-corrected chi connectivity index (χ2v) is 5.27. The maximum atomic E-state index is 12.6. The number of amides is 1. The van der Waals surface area contributed by atoms with E-state index < -0.39 is 12.0 Å². The Morgan fingerprint density at radius 2 is 2.09 bits per heavy atom. The van der Waals surface area contributed by atoms with Gasteiger partial charge >= 0.3 is 5.97 Å². The van der Waals surface area contributed by atoms with Gasteiger partial charge in [0.25, 0.3) is 5.91 Å².